The van der Waals surface area contributed by atoms with Crippen molar-refractivity contribution in [1.82, 2.24) is 31.5 Å². The summed E-state index contributed by atoms with van der Waals surface area (Å²) in [6.07, 6.45) is 1.57. The van der Waals surface area contributed by atoms with Crippen molar-refractivity contribution in [3.63, 3.8) is 0 Å². The number of urea groups is 1. The van der Waals surface area contributed by atoms with E-state index in [0.717, 1.165) is 0 Å². The molecule has 0 aliphatic carbocycles. The lowest BCUT2D eigenvalue weighted by Crippen LogP contribution is -2.56. The van der Waals surface area contributed by atoms with Gasteiger partial charge in [-0.25, -0.2) is 4.79 Å². The Morgan fingerprint density at radius 3 is 2.09 bits per heavy atom. The second kappa shape index (κ2) is 12.9. The van der Waals surface area contributed by atoms with Crippen LogP contribution in [0.25, 0.3) is 0 Å². The van der Waals surface area contributed by atoms with Crippen LogP contribution in [0, 0.1) is 11.8 Å². The van der Waals surface area contributed by atoms with Gasteiger partial charge in [-0.2, -0.15) is 0 Å². The molecule has 1 aliphatic heterocycles. The van der Waals surface area contributed by atoms with Gasteiger partial charge in [0.1, 0.15) is 18.1 Å². The van der Waals surface area contributed by atoms with Crippen LogP contribution in [-0.2, 0) is 19.2 Å². The molecule has 6 amide bonds. The van der Waals surface area contributed by atoms with Crippen LogP contribution in [0.2, 0.25) is 0 Å². The molecule has 1 saturated heterocycles. The Labute approximate surface area is 189 Å². The fraction of sp³-hybridized carbons (Fsp3) is 0.762. The van der Waals surface area contributed by atoms with Crippen molar-refractivity contribution in [2.24, 2.45) is 11.8 Å². The Morgan fingerprint density at radius 1 is 0.938 bits per heavy atom. The van der Waals surface area contributed by atoms with Gasteiger partial charge in [-0.05, 0) is 31.1 Å². The highest BCUT2D eigenvalue weighted by molar-refractivity contribution is 5.93. The first-order valence-corrected chi connectivity index (χ1v) is 11.1. The molecule has 0 spiro atoms. The third-order valence-corrected chi connectivity index (χ3v) is 5.32. The first kappa shape index (κ1) is 27.2. The molecule has 1 aliphatic rings. The highest BCUT2D eigenvalue weighted by atomic mass is 16.2. The summed E-state index contributed by atoms with van der Waals surface area (Å²) in [6.45, 7) is 7.59. The van der Waals surface area contributed by atoms with Crippen LogP contribution in [0.1, 0.15) is 47.0 Å². The van der Waals surface area contributed by atoms with Crippen LogP contribution < -0.4 is 26.6 Å². The average Bonchev–Trinajstić information content (AvgIpc) is 3.23. The molecule has 0 aromatic heterocycles. The molecular weight excluding hydrogens is 416 g/mol. The molecule has 182 valence electrons. The van der Waals surface area contributed by atoms with Gasteiger partial charge in [0.15, 0.2) is 0 Å². The van der Waals surface area contributed by atoms with Crippen molar-refractivity contribution in [2.45, 2.75) is 65.1 Å². The predicted octanol–water partition coefficient (Wildman–Crippen LogP) is -0.676. The molecule has 0 unspecified atom stereocenters. The second-order valence-electron chi connectivity index (χ2n) is 8.72. The number of nitrogens with one attached hydrogen (secondary N) is 5. The highest BCUT2D eigenvalue weighted by Gasteiger charge is 2.36. The first-order valence-electron chi connectivity index (χ1n) is 11.1. The second-order valence-corrected chi connectivity index (χ2v) is 8.72. The van der Waals surface area contributed by atoms with Crippen molar-refractivity contribution < 1.29 is 24.0 Å². The van der Waals surface area contributed by atoms with E-state index >= 15 is 0 Å². The maximum absolute atomic E-state index is 12.7. The van der Waals surface area contributed by atoms with Gasteiger partial charge in [0.05, 0.1) is 6.54 Å². The molecule has 11 nitrogen and oxygen atoms in total. The van der Waals surface area contributed by atoms with Crippen molar-refractivity contribution in [3.05, 3.63) is 0 Å². The number of hydrogen-bond donors (Lipinski definition) is 5. The van der Waals surface area contributed by atoms with E-state index in [1.54, 1.807) is 0 Å². The minimum absolute atomic E-state index is 0.128. The molecule has 5 N–H and O–H groups in total. The molecule has 0 radical (unpaired) electrons. The van der Waals surface area contributed by atoms with Crippen LogP contribution in [0.5, 0.6) is 0 Å². The lowest BCUT2D eigenvalue weighted by atomic mass is 10.0. The molecule has 0 bridgehead atoms. The number of rotatable bonds is 10. The van der Waals surface area contributed by atoms with E-state index in [-0.39, 0.29) is 30.2 Å². The van der Waals surface area contributed by atoms with Gasteiger partial charge in [0.2, 0.25) is 23.6 Å². The van der Waals surface area contributed by atoms with Crippen molar-refractivity contribution in [2.75, 3.05) is 27.2 Å². The molecular formula is C21H38N6O5. The van der Waals surface area contributed by atoms with Gasteiger partial charge in [-0.3, -0.25) is 19.2 Å². The number of hydrogen-bond acceptors (Lipinski definition) is 5. The molecule has 1 rings (SSSR count). The monoisotopic (exact) mass is 454 g/mol. The number of carbonyl (C=O) groups is 5. The van der Waals surface area contributed by atoms with Gasteiger partial charge in [-0.15, -0.1) is 0 Å². The minimum atomic E-state index is -0.731. The maximum atomic E-state index is 12.7. The highest BCUT2D eigenvalue weighted by Crippen LogP contribution is 2.18. The van der Waals surface area contributed by atoms with Crippen LogP contribution in [0.15, 0.2) is 0 Å². The van der Waals surface area contributed by atoms with Crippen molar-refractivity contribution in [3.8, 4) is 0 Å². The third kappa shape index (κ3) is 8.01. The van der Waals surface area contributed by atoms with E-state index < -0.39 is 36.0 Å². The largest absolute Gasteiger partial charge is 0.357 e. The van der Waals surface area contributed by atoms with Gasteiger partial charge >= 0.3 is 6.03 Å². The van der Waals surface area contributed by atoms with Crippen LogP contribution in [0.4, 0.5) is 4.79 Å². The molecule has 3 atom stereocenters. The SMILES string of the molecule is CNC(=O)[C@H](CC(C)C)NC(=O)CNC(=O)[C@H]1CCCN1C(=O)N[C@H](C(=O)NC)C(C)C. The van der Waals surface area contributed by atoms with E-state index in [1.807, 2.05) is 27.7 Å². The molecule has 0 aromatic rings. The summed E-state index contributed by atoms with van der Waals surface area (Å²) in [5, 5.41) is 12.9. The van der Waals surface area contributed by atoms with E-state index in [0.29, 0.717) is 25.8 Å². The topological polar surface area (TPSA) is 149 Å². The lowest BCUT2D eigenvalue weighted by Gasteiger charge is -2.28. The fourth-order valence-corrected chi connectivity index (χ4v) is 3.60. The summed E-state index contributed by atoms with van der Waals surface area (Å²) < 4.78 is 0. The Balaban J connectivity index is 2.67. The summed E-state index contributed by atoms with van der Waals surface area (Å²) >= 11 is 0. The fourth-order valence-electron chi connectivity index (χ4n) is 3.60. The van der Waals surface area contributed by atoms with Crippen molar-refractivity contribution in [1.29, 1.82) is 0 Å². The summed E-state index contributed by atoms with van der Waals surface area (Å²) in [5.74, 6) is -1.47. The normalized spacial score (nSPS) is 17.5. The van der Waals surface area contributed by atoms with E-state index in [4.69, 9.17) is 0 Å². The summed E-state index contributed by atoms with van der Waals surface area (Å²) in [7, 11) is 2.99. The van der Waals surface area contributed by atoms with Gasteiger partial charge in [0.25, 0.3) is 0 Å². The first-order chi connectivity index (χ1) is 15.0. The minimum Gasteiger partial charge on any atom is -0.357 e. The van der Waals surface area contributed by atoms with E-state index in [9.17, 15) is 24.0 Å². The zero-order valence-corrected chi connectivity index (χ0v) is 19.9. The van der Waals surface area contributed by atoms with Gasteiger partial charge < -0.3 is 31.5 Å². The standard InChI is InChI=1S/C21H38N6O5/c1-12(2)10-14(18(29)22-5)25-16(28)11-24-19(30)15-8-7-9-27(15)21(32)26-17(13(3)4)20(31)23-6/h12-15,17H,7-11H2,1-6H3,(H,22,29)(H,23,31)(H,24,30)(H,25,28)(H,26,32)/t14-,15+,17-/m0/s1. The Bertz CT molecular complexity index is 696. The van der Waals surface area contributed by atoms with Crippen molar-refractivity contribution >= 4 is 29.7 Å². The number of nitrogens with zero attached hydrogens (tertiary/aromatic N) is 1. The smallest absolute Gasteiger partial charge is 0.318 e. The zero-order valence-electron chi connectivity index (χ0n) is 19.9. The van der Waals surface area contributed by atoms with Crippen LogP contribution in [0.3, 0.4) is 0 Å². The Hall–Kier alpha value is -2.85. The van der Waals surface area contributed by atoms with E-state index in [1.165, 1.54) is 19.0 Å². The van der Waals surface area contributed by atoms with Gasteiger partial charge in [0, 0.05) is 20.6 Å². The summed E-state index contributed by atoms with van der Waals surface area (Å²) in [4.78, 5) is 63.0. The van der Waals surface area contributed by atoms with Gasteiger partial charge in [-0.1, -0.05) is 27.7 Å². The number of carbonyl (C=O) groups excluding carboxylic acids is 5. The molecule has 1 fully saturated rings. The maximum Gasteiger partial charge on any atom is 0.318 e. The Kier molecular flexibility index (Phi) is 10.9. The number of likely N-dealkylation sites (N-methyl/N-ethyl adjacent to an activating group) is 2. The molecule has 0 aromatic carbocycles. The average molecular weight is 455 g/mol. The number of likely N-dealkylation sites (tertiary alicyclic amines) is 1. The molecule has 32 heavy (non-hydrogen) atoms. The quantitative estimate of drug-likeness (QED) is 0.297. The predicted molar refractivity (Wildman–Crippen MR) is 119 cm³/mol. The van der Waals surface area contributed by atoms with Crippen LogP contribution >= 0.6 is 0 Å². The summed E-state index contributed by atoms with van der Waals surface area (Å²) in [5.41, 5.74) is 0. The van der Waals surface area contributed by atoms with Crippen LogP contribution in [-0.4, -0.2) is 79.9 Å². The molecule has 11 heteroatoms. The Morgan fingerprint density at radius 2 is 1.56 bits per heavy atom. The molecule has 1 heterocycles. The summed E-state index contributed by atoms with van der Waals surface area (Å²) in [6, 6.07) is -2.63. The zero-order chi connectivity index (χ0) is 24.4. The lowest BCUT2D eigenvalue weighted by molar-refractivity contribution is -0.130. The molecule has 0 saturated carbocycles. The van der Waals surface area contributed by atoms with E-state index in [2.05, 4.69) is 26.6 Å². The number of amides is 6. The third-order valence-electron chi connectivity index (χ3n) is 5.32.